The van der Waals surface area contributed by atoms with Gasteiger partial charge in [-0.05, 0) is 55.1 Å². The Morgan fingerprint density at radius 3 is 2.54 bits per heavy atom. The van der Waals surface area contributed by atoms with Gasteiger partial charge in [0.25, 0.3) is 0 Å². The molecular formula is C29H34N2O5S. The van der Waals surface area contributed by atoms with Gasteiger partial charge in [-0.25, -0.2) is 4.79 Å². The molecule has 1 aromatic carbocycles. The van der Waals surface area contributed by atoms with E-state index < -0.39 is 28.7 Å². The van der Waals surface area contributed by atoms with E-state index in [0.717, 1.165) is 41.7 Å². The number of anilines is 1. The maximum Gasteiger partial charge on any atom is 0.341 e. The lowest BCUT2D eigenvalue weighted by Crippen LogP contribution is -2.64. The molecule has 1 aromatic heterocycles. The van der Waals surface area contributed by atoms with Crippen LogP contribution < -0.4 is 5.32 Å². The molecule has 2 bridgehead atoms. The second kappa shape index (κ2) is 9.39. The summed E-state index contributed by atoms with van der Waals surface area (Å²) < 4.78 is 5.06. The smallest absolute Gasteiger partial charge is 0.341 e. The molecule has 2 aromatic rings. The van der Waals surface area contributed by atoms with Crippen LogP contribution in [0.3, 0.4) is 0 Å². The Labute approximate surface area is 221 Å². The van der Waals surface area contributed by atoms with Crippen molar-refractivity contribution in [1.29, 1.82) is 0 Å². The first-order valence-corrected chi connectivity index (χ1v) is 13.9. The number of amides is 3. The maximum absolute atomic E-state index is 14.0. The minimum atomic E-state index is -1.02. The van der Waals surface area contributed by atoms with E-state index in [1.54, 1.807) is 0 Å². The summed E-state index contributed by atoms with van der Waals surface area (Å²) in [6.07, 6.45) is 5.08. The minimum absolute atomic E-state index is 0.200. The molecule has 1 aliphatic heterocycles. The van der Waals surface area contributed by atoms with E-state index in [9.17, 15) is 19.2 Å². The highest BCUT2D eigenvalue weighted by atomic mass is 32.1. The van der Waals surface area contributed by atoms with E-state index in [1.807, 2.05) is 51.1 Å². The number of esters is 1. The van der Waals surface area contributed by atoms with Gasteiger partial charge < -0.3 is 10.1 Å². The van der Waals surface area contributed by atoms with Crippen LogP contribution in [0.5, 0.6) is 0 Å². The third-order valence-corrected chi connectivity index (χ3v) is 10.3. The van der Waals surface area contributed by atoms with Gasteiger partial charge in [-0.2, -0.15) is 0 Å². The van der Waals surface area contributed by atoms with Crippen molar-refractivity contribution in [2.45, 2.75) is 71.8 Å². The Kier molecular flexibility index (Phi) is 6.51. The van der Waals surface area contributed by atoms with Crippen LogP contribution in [0.25, 0.3) is 0 Å². The molecular weight excluding hydrogens is 488 g/mol. The number of hydrogen-bond acceptors (Lipinski definition) is 6. The average molecular weight is 523 g/mol. The predicted octanol–water partition coefficient (Wildman–Crippen LogP) is 4.77. The first-order valence-electron chi connectivity index (χ1n) is 13.0. The van der Waals surface area contributed by atoms with E-state index in [1.165, 1.54) is 23.3 Å². The van der Waals surface area contributed by atoms with Crippen molar-refractivity contribution in [3.8, 4) is 0 Å². The van der Waals surface area contributed by atoms with Gasteiger partial charge in [0, 0.05) is 17.2 Å². The lowest BCUT2D eigenvalue weighted by molar-refractivity contribution is -0.172. The number of piperidine rings is 1. The van der Waals surface area contributed by atoms with E-state index in [4.69, 9.17) is 4.74 Å². The summed E-state index contributed by atoms with van der Waals surface area (Å²) >= 11 is 1.40. The van der Waals surface area contributed by atoms with E-state index in [0.29, 0.717) is 23.4 Å². The molecule has 2 fully saturated rings. The maximum atomic E-state index is 14.0. The first kappa shape index (κ1) is 25.6. The zero-order valence-electron chi connectivity index (χ0n) is 21.9. The minimum Gasteiger partial charge on any atom is -0.465 e. The topological polar surface area (TPSA) is 92.8 Å². The summed E-state index contributed by atoms with van der Waals surface area (Å²) in [5.74, 6) is -1.82. The van der Waals surface area contributed by atoms with Crippen molar-refractivity contribution in [2.75, 3.05) is 12.4 Å². The molecule has 3 atom stereocenters. The Balaban J connectivity index is 1.53. The normalized spacial score (nSPS) is 25.0. The van der Waals surface area contributed by atoms with Gasteiger partial charge in [0.1, 0.15) is 11.0 Å². The zero-order valence-corrected chi connectivity index (χ0v) is 22.7. The number of likely N-dealkylation sites (tertiary alicyclic amines) is 1. The lowest BCUT2D eigenvalue weighted by Gasteiger charge is -2.49. The summed E-state index contributed by atoms with van der Waals surface area (Å²) in [6.45, 7) is 5.90. The molecule has 2 heterocycles. The number of nitrogens with one attached hydrogen (secondary N) is 1. The van der Waals surface area contributed by atoms with Crippen LogP contribution in [-0.2, 0) is 38.4 Å². The molecule has 196 valence electrons. The summed E-state index contributed by atoms with van der Waals surface area (Å²) in [7, 11) is 1.34. The molecule has 0 radical (unpaired) electrons. The van der Waals surface area contributed by atoms with E-state index in [2.05, 4.69) is 5.32 Å². The molecule has 3 aliphatic rings. The van der Waals surface area contributed by atoms with E-state index >= 15 is 0 Å². The SMILES string of the molecule is COC(=O)c1c(NC(=O)C(Cc2ccccc2)N2C(=O)C3CCC(C)(C2=O)C3(C)C)sc2c1CCCC2. The van der Waals surface area contributed by atoms with Crippen LogP contribution in [-0.4, -0.2) is 41.7 Å². The molecule has 0 spiro atoms. The van der Waals surface area contributed by atoms with Gasteiger partial charge in [-0.1, -0.05) is 51.1 Å². The Bertz CT molecular complexity index is 1270. The van der Waals surface area contributed by atoms with Gasteiger partial charge in [0.05, 0.1) is 18.1 Å². The molecule has 8 heteroatoms. The van der Waals surface area contributed by atoms with Crippen molar-refractivity contribution in [1.82, 2.24) is 4.90 Å². The second-order valence-corrected chi connectivity index (χ2v) is 12.4. The molecule has 3 unspecified atom stereocenters. The number of aryl methyl sites for hydroxylation is 1. The van der Waals surface area contributed by atoms with Crippen molar-refractivity contribution in [2.24, 2.45) is 16.7 Å². The number of rotatable bonds is 6. The highest BCUT2D eigenvalue weighted by Gasteiger charge is 2.65. The molecule has 2 aliphatic carbocycles. The molecule has 3 amide bonds. The predicted molar refractivity (Wildman–Crippen MR) is 141 cm³/mol. The van der Waals surface area contributed by atoms with Crippen LogP contribution in [0.2, 0.25) is 0 Å². The number of thiophene rings is 1. The van der Waals surface area contributed by atoms with Gasteiger partial charge in [-0.15, -0.1) is 11.3 Å². The van der Waals surface area contributed by atoms with Crippen molar-refractivity contribution in [3.05, 3.63) is 51.9 Å². The van der Waals surface area contributed by atoms with E-state index in [-0.39, 0.29) is 24.2 Å². The highest BCUT2D eigenvalue weighted by Crippen LogP contribution is 2.60. The van der Waals surface area contributed by atoms with Gasteiger partial charge >= 0.3 is 5.97 Å². The number of benzene rings is 1. The van der Waals surface area contributed by atoms with Gasteiger partial charge in [0.15, 0.2) is 0 Å². The molecule has 7 nitrogen and oxygen atoms in total. The second-order valence-electron chi connectivity index (χ2n) is 11.3. The number of nitrogens with zero attached hydrogens (tertiary/aromatic N) is 1. The Hall–Kier alpha value is -3.00. The first-order chi connectivity index (χ1) is 17.6. The Morgan fingerprint density at radius 2 is 1.84 bits per heavy atom. The standard InChI is InChI=1S/C29H34N2O5S/c1-28(2)19-14-15-29(28,3)27(35)31(25(19)33)20(16-17-10-6-5-7-11-17)23(32)30-24-22(26(34)36-4)18-12-8-9-13-21(18)37-24/h5-7,10-11,19-20H,8-9,12-16H2,1-4H3,(H,30,32). The highest BCUT2D eigenvalue weighted by molar-refractivity contribution is 7.17. The number of methoxy groups -OCH3 is 1. The number of carbonyl (C=O) groups excluding carboxylic acids is 4. The number of ether oxygens (including phenoxy) is 1. The van der Waals surface area contributed by atoms with Gasteiger partial charge in [-0.3, -0.25) is 19.3 Å². The van der Waals surface area contributed by atoms with Crippen LogP contribution in [0.4, 0.5) is 5.00 Å². The van der Waals surface area contributed by atoms with Crippen molar-refractivity contribution < 1.29 is 23.9 Å². The molecule has 37 heavy (non-hydrogen) atoms. The third-order valence-electron chi connectivity index (χ3n) is 9.14. The van der Waals surface area contributed by atoms with Crippen LogP contribution >= 0.6 is 11.3 Å². The fraction of sp³-hybridized carbons (Fsp3) is 0.517. The monoisotopic (exact) mass is 522 g/mol. The molecule has 1 saturated heterocycles. The summed E-state index contributed by atoms with van der Waals surface area (Å²) in [4.78, 5) is 56.8. The summed E-state index contributed by atoms with van der Waals surface area (Å²) in [5, 5.41) is 3.40. The zero-order chi connectivity index (χ0) is 26.5. The van der Waals surface area contributed by atoms with Gasteiger partial charge in [0.2, 0.25) is 17.7 Å². The number of carbonyl (C=O) groups is 4. The fourth-order valence-electron chi connectivity index (χ4n) is 6.45. The quantitative estimate of drug-likeness (QED) is 0.436. The number of hydrogen-bond donors (Lipinski definition) is 1. The number of imide groups is 1. The van der Waals surface area contributed by atoms with Crippen LogP contribution in [0.1, 0.15) is 72.8 Å². The third kappa shape index (κ3) is 4.00. The number of fused-ring (bicyclic) bond motifs is 3. The summed E-state index contributed by atoms with van der Waals surface area (Å²) in [6, 6.07) is 8.40. The van der Waals surface area contributed by atoms with Crippen molar-refractivity contribution in [3.63, 3.8) is 0 Å². The van der Waals surface area contributed by atoms with Crippen LogP contribution in [0, 0.1) is 16.7 Å². The lowest BCUT2D eigenvalue weighted by atomic mass is 9.62. The Morgan fingerprint density at radius 1 is 1.14 bits per heavy atom. The van der Waals surface area contributed by atoms with Crippen molar-refractivity contribution >= 4 is 40.0 Å². The van der Waals surface area contributed by atoms with Crippen LogP contribution in [0.15, 0.2) is 30.3 Å². The molecule has 1 saturated carbocycles. The molecule has 5 rings (SSSR count). The largest absolute Gasteiger partial charge is 0.465 e. The average Bonchev–Trinajstić information content (AvgIpc) is 3.33. The fourth-order valence-corrected chi connectivity index (χ4v) is 7.73. The summed E-state index contributed by atoms with van der Waals surface area (Å²) in [5.41, 5.74) is 0.995. The molecule has 1 N–H and O–H groups in total.